The SMILES string of the molecule is O=C(O)Cc1cccc(NC(=O)c2cc(Cl)ccc2NC(=O)c2ccc(F)cc2)c1. The number of rotatable bonds is 6. The summed E-state index contributed by atoms with van der Waals surface area (Å²) in [6, 6.07) is 15.8. The first-order chi connectivity index (χ1) is 14.3. The Bertz CT molecular complexity index is 1120. The third kappa shape index (κ3) is 5.42. The molecule has 0 fully saturated rings. The first-order valence-corrected chi connectivity index (χ1v) is 9.18. The number of carboxylic acids is 1. The third-order valence-electron chi connectivity index (χ3n) is 4.12. The van der Waals surface area contributed by atoms with Crippen LogP contribution in [-0.4, -0.2) is 22.9 Å². The summed E-state index contributed by atoms with van der Waals surface area (Å²) < 4.78 is 13.1. The molecule has 0 aromatic heterocycles. The summed E-state index contributed by atoms with van der Waals surface area (Å²) in [7, 11) is 0. The topological polar surface area (TPSA) is 95.5 Å². The van der Waals surface area contributed by atoms with Gasteiger partial charge in [0.2, 0.25) is 0 Å². The summed E-state index contributed by atoms with van der Waals surface area (Å²) in [5.74, 6) is -2.52. The molecule has 0 spiro atoms. The summed E-state index contributed by atoms with van der Waals surface area (Å²) in [5.41, 5.74) is 1.47. The van der Waals surface area contributed by atoms with E-state index in [1.54, 1.807) is 24.3 Å². The predicted octanol–water partition coefficient (Wildman–Crippen LogP) is 4.61. The van der Waals surface area contributed by atoms with Gasteiger partial charge < -0.3 is 15.7 Å². The van der Waals surface area contributed by atoms with E-state index < -0.39 is 23.6 Å². The summed E-state index contributed by atoms with van der Waals surface area (Å²) in [4.78, 5) is 36.1. The van der Waals surface area contributed by atoms with E-state index in [0.717, 1.165) is 12.1 Å². The van der Waals surface area contributed by atoms with Crippen molar-refractivity contribution in [3.8, 4) is 0 Å². The van der Waals surface area contributed by atoms with Gasteiger partial charge in [-0.2, -0.15) is 0 Å². The van der Waals surface area contributed by atoms with E-state index in [2.05, 4.69) is 10.6 Å². The van der Waals surface area contributed by atoms with E-state index in [1.165, 1.54) is 30.3 Å². The summed E-state index contributed by atoms with van der Waals surface area (Å²) in [6.45, 7) is 0. The van der Waals surface area contributed by atoms with Gasteiger partial charge in [0, 0.05) is 16.3 Å². The minimum Gasteiger partial charge on any atom is -0.481 e. The second kappa shape index (κ2) is 9.19. The van der Waals surface area contributed by atoms with Gasteiger partial charge >= 0.3 is 5.97 Å². The van der Waals surface area contributed by atoms with Crippen molar-refractivity contribution in [1.29, 1.82) is 0 Å². The van der Waals surface area contributed by atoms with Gasteiger partial charge in [0.1, 0.15) is 5.82 Å². The predicted molar refractivity (Wildman–Crippen MR) is 112 cm³/mol. The standard InChI is InChI=1S/C22H16ClFN2O4/c23-15-6-9-19(26-21(29)14-4-7-16(24)8-5-14)18(12-15)22(30)25-17-3-1-2-13(10-17)11-20(27)28/h1-10,12H,11H2,(H,25,30)(H,26,29)(H,27,28). The molecule has 2 amide bonds. The zero-order valence-electron chi connectivity index (χ0n) is 15.5. The summed E-state index contributed by atoms with van der Waals surface area (Å²) >= 11 is 6.02. The number of carbonyl (C=O) groups is 3. The van der Waals surface area contributed by atoms with Gasteiger partial charge in [-0.05, 0) is 60.2 Å². The fourth-order valence-electron chi connectivity index (χ4n) is 2.74. The summed E-state index contributed by atoms with van der Waals surface area (Å²) in [5, 5.41) is 14.5. The highest BCUT2D eigenvalue weighted by atomic mass is 35.5. The molecule has 0 aliphatic rings. The molecule has 8 heteroatoms. The van der Waals surface area contributed by atoms with Crippen molar-refractivity contribution in [2.45, 2.75) is 6.42 Å². The molecule has 0 aliphatic heterocycles. The van der Waals surface area contributed by atoms with Crippen LogP contribution in [0.5, 0.6) is 0 Å². The van der Waals surface area contributed by atoms with Crippen molar-refractivity contribution in [1.82, 2.24) is 0 Å². The first kappa shape index (κ1) is 21.0. The molecule has 0 saturated carbocycles. The second-order valence-electron chi connectivity index (χ2n) is 6.38. The average molecular weight is 427 g/mol. The maximum atomic E-state index is 13.1. The van der Waals surface area contributed by atoms with Crippen LogP contribution >= 0.6 is 11.6 Å². The Balaban J connectivity index is 1.82. The normalized spacial score (nSPS) is 10.3. The van der Waals surface area contributed by atoms with Gasteiger partial charge in [-0.25, -0.2) is 4.39 Å². The number of benzene rings is 3. The van der Waals surface area contributed by atoms with Crippen LogP contribution in [0.2, 0.25) is 5.02 Å². The Morgan fingerprint density at radius 3 is 2.33 bits per heavy atom. The molecule has 0 unspecified atom stereocenters. The zero-order valence-corrected chi connectivity index (χ0v) is 16.2. The third-order valence-corrected chi connectivity index (χ3v) is 4.36. The number of hydrogen-bond donors (Lipinski definition) is 3. The molecule has 3 aromatic carbocycles. The van der Waals surface area contributed by atoms with Crippen molar-refractivity contribution in [2.75, 3.05) is 10.6 Å². The highest BCUT2D eigenvalue weighted by Crippen LogP contribution is 2.23. The van der Waals surface area contributed by atoms with E-state index in [0.29, 0.717) is 16.3 Å². The van der Waals surface area contributed by atoms with E-state index in [-0.39, 0.29) is 23.2 Å². The lowest BCUT2D eigenvalue weighted by Crippen LogP contribution is -2.18. The lowest BCUT2D eigenvalue weighted by Gasteiger charge is -2.13. The Hall–Kier alpha value is -3.71. The van der Waals surface area contributed by atoms with Crippen LogP contribution in [-0.2, 0) is 11.2 Å². The van der Waals surface area contributed by atoms with E-state index >= 15 is 0 Å². The number of anilines is 2. The number of halogens is 2. The second-order valence-corrected chi connectivity index (χ2v) is 6.81. The van der Waals surface area contributed by atoms with Crippen LogP contribution in [0.3, 0.4) is 0 Å². The largest absolute Gasteiger partial charge is 0.481 e. The molecule has 0 bridgehead atoms. The Kier molecular flexibility index (Phi) is 6.44. The molecule has 3 rings (SSSR count). The van der Waals surface area contributed by atoms with Crippen LogP contribution in [0.15, 0.2) is 66.7 Å². The molecule has 3 N–H and O–H groups in total. The number of carbonyl (C=O) groups excluding carboxylic acids is 2. The van der Waals surface area contributed by atoms with Crippen molar-refractivity contribution >= 4 is 40.8 Å². The number of amides is 2. The van der Waals surface area contributed by atoms with Gasteiger partial charge in [0.25, 0.3) is 11.8 Å². The van der Waals surface area contributed by atoms with Crippen LogP contribution < -0.4 is 10.6 Å². The van der Waals surface area contributed by atoms with Crippen LogP contribution in [0.4, 0.5) is 15.8 Å². The molecule has 0 radical (unpaired) electrons. The maximum Gasteiger partial charge on any atom is 0.307 e. The van der Waals surface area contributed by atoms with Gasteiger partial charge in [-0.3, -0.25) is 14.4 Å². The number of carboxylic acid groups (broad SMARTS) is 1. The molecule has 152 valence electrons. The van der Waals surface area contributed by atoms with Gasteiger partial charge in [-0.15, -0.1) is 0 Å². The molecular formula is C22H16ClFN2O4. The smallest absolute Gasteiger partial charge is 0.307 e. The molecule has 30 heavy (non-hydrogen) atoms. The quantitative estimate of drug-likeness (QED) is 0.536. The lowest BCUT2D eigenvalue weighted by atomic mass is 10.1. The van der Waals surface area contributed by atoms with Gasteiger partial charge in [0.05, 0.1) is 17.7 Å². The lowest BCUT2D eigenvalue weighted by molar-refractivity contribution is -0.136. The zero-order chi connectivity index (χ0) is 21.7. The monoisotopic (exact) mass is 426 g/mol. The van der Waals surface area contributed by atoms with Crippen molar-refractivity contribution < 1.29 is 23.9 Å². The Morgan fingerprint density at radius 1 is 0.900 bits per heavy atom. The number of nitrogens with one attached hydrogen (secondary N) is 2. The molecule has 0 saturated heterocycles. The fourth-order valence-corrected chi connectivity index (χ4v) is 2.91. The number of aliphatic carboxylic acids is 1. The van der Waals surface area contributed by atoms with Crippen LogP contribution in [0, 0.1) is 5.82 Å². The first-order valence-electron chi connectivity index (χ1n) is 8.80. The fraction of sp³-hybridized carbons (Fsp3) is 0.0455. The maximum absolute atomic E-state index is 13.1. The molecule has 0 atom stereocenters. The van der Waals surface area contributed by atoms with Crippen LogP contribution in [0.25, 0.3) is 0 Å². The average Bonchev–Trinajstić information content (AvgIpc) is 2.69. The molecule has 3 aromatic rings. The highest BCUT2D eigenvalue weighted by Gasteiger charge is 2.16. The van der Waals surface area contributed by atoms with Gasteiger partial charge in [-0.1, -0.05) is 23.7 Å². The van der Waals surface area contributed by atoms with E-state index in [4.69, 9.17) is 16.7 Å². The molecule has 6 nitrogen and oxygen atoms in total. The highest BCUT2D eigenvalue weighted by molar-refractivity contribution is 6.31. The number of hydrogen-bond acceptors (Lipinski definition) is 3. The van der Waals surface area contributed by atoms with E-state index in [1.807, 2.05) is 0 Å². The molecule has 0 aliphatic carbocycles. The Morgan fingerprint density at radius 2 is 1.63 bits per heavy atom. The molecular weight excluding hydrogens is 411 g/mol. The van der Waals surface area contributed by atoms with Crippen molar-refractivity contribution in [3.63, 3.8) is 0 Å². The molecule has 0 heterocycles. The van der Waals surface area contributed by atoms with Crippen molar-refractivity contribution in [3.05, 3.63) is 94.3 Å². The van der Waals surface area contributed by atoms with Crippen LogP contribution in [0.1, 0.15) is 26.3 Å². The van der Waals surface area contributed by atoms with Crippen molar-refractivity contribution in [2.24, 2.45) is 0 Å². The minimum atomic E-state index is -0.987. The Labute approximate surface area is 176 Å². The summed E-state index contributed by atoms with van der Waals surface area (Å²) in [6.07, 6.45) is -0.181. The van der Waals surface area contributed by atoms with Gasteiger partial charge in [0.15, 0.2) is 0 Å². The minimum absolute atomic E-state index is 0.113. The van der Waals surface area contributed by atoms with E-state index in [9.17, 15) is 18.8 Å².